The lowest BCUT2D eigenvalue weighted by molar-refractivity contribution is -0.284. The number of nitrogens with one attached hydrogen (secondary N) is 1. The Morgan fingerprint density at radius 3 is 1.93 bits per heavy atom. The zero-order valence-corrected chi connectivity index (χ0v) is 29.3. The van der Waals surface area contributed by atoms with E-state index in [9.17, 15) is 56.8 Å². The van der Waals surface area contributed by atoms with Gasteiger partial charge in [-0.05, 0) is 72.7 Å². The van der Waals surface area contributed by atoms with E-state index in [2.05, 4.69) is 4.98 Å². The predicted octanol–water partition coefficient (Wildman–Crippen LogP) is 7.65. The average molecular weight is 799 g/mol. The summed E-state index contributed by atoms with van der Waals surface area (Å²) in [5.74, 6) is -8.17. The van der Waals surface area contributed by atoms with E-state index in [0.717, 1.165) is 4.57 Å². The highest BCUT2D eigenvalue weighted by atomic mass is 19.4. The third-order valence-electron chi connectivity index (χ3n) is 8.60. The van der Waals surface area contributed by atoms with Crippen molar-refractivity contribution in [1.82, 2.24) is 9.55 Å². The van der Waals surface area contributed by atoms with E-state index in [0.29, 0.717) is 5.56 Å². The fraction of sp³-hybridized carbons (Fsp3) is 0.205. The summed E-state index contributed by atoms with van der Waals surface area (Å²) in [4.78, 5) is 39.7. The zero-order chi connectivity index (χ0) is 41.1. The molecule has 0 saturated heterocycles. The van der Waals surface area contributed by atoms with Crippen LogP contribution in [0.15, 0.2) is 78.9 Å². The van der Waals surface area contributed by atoms with Crippen molar-refractivity contribution in [3.8, 4) is 63.0 Å². The summed E-state index contributed by atoms with van der Waals surface area (Å²) in [6, 6.07) is 17.3. The van der Waals surface area contributed by atoms with Gasteiger partial charge < -0.3 is 39.4 Å². The van der Waals surface area contributed by atoms with Crippen molar-refractivity contribution in [2.75, 3.05) is 19.8 Å². The minimum absolute atomic E-state index is 0.0731. The molecule has 0 aliphatic heterocycles. The molecule has 0 bridgehead atoms. The number of benzene rings is 3. The SMILES string of the molecule is O=C(C=Cc1ccc(OC(=O)c2ccc(OCCCC(F)(F)C(F)(F)F)cc2)cc1)OCCCOC(=O)c1cccc(-n2c(O)c3c(c2O)-c2c(O)[nH]c(O)c2-3)c1. The summed E-state index contributed by atoms with van der Waals surface area (Å²) in [6.07, 6.45) is -4.79. The number of aromatic hydroxyl groups is 4. The molecule has 57 heavy (non-hydrogen) atoms. The van der Waals surface area contributed by atoms with Crippen LogP contribution in [0.3, 0.4) is 0 Å². The van der Waals surface area contributed by atoms with E-state index in [4.69, 9.17) is 18.9 Å². The maximum atomic E-state index is 13.0. The number of ether oxygens (including phenoxy) is 4. The second-order valence-electron chi connectivity index (χ2n) is 12.5. The van der Waals surface area contributed by atoms with Gasteiger partial charge in [-0.15, -0.1) is 0 Å². The van der Waals surface area contributed by atoms with Crippen molar-refractivity contribution in [3.63, 3.8) is 0 Å². The monoisotopic (exact) mass is 798 g/mol. The number of esters is 3. The van der Waals surface area contributed by atoms with Crippen LogP contribution in [-0.4, -0.2) is 79.8 Å². The topological polar surface area (TPSA) is 190 Å². The van der Waals surface area contributed by atoms with Crippen LogP contribution in [0.25, 0.3) is 34.0 Å². The van der Waals surface area contributed by atoms with Gasteiger partial charge in [0.05, 0.1) is 58.9 Å². The Kier molecular flexibility index (Phi) is 11.2. The van der Waals surface area contributed by atoms with E-state index >= 15 is 0 Å². The Hall–Kier alpha value is -6.98. The van der Waals surface area contributed by atoms with E-state index in [1.54, 1.807) is 12.1 Å². The molecule has 13 nitrogen and oxygen atoms in total. The number of nitrogens with zero attached hydrogens (tertiary/aromatic N) is 1. The number of aromatic nitrogens is 2. The van der Waals surface area contributed by atoms with Gasteiger partial charge in [-0.2, -0.15) is 22.0 Å². The lowest BCUT2D eigenvalue weighted by Crippen LogP contribution is -2.36. The van der Waals surface area contributed by atoms with E-state index < -0.39 is 54.6 Å². The Balaban J connectivity index is 0.898. The molecule has 0 radical (unpaired) electrons. The molecule has 1 aliphatic rings. The van der Waals surface area contributed by atoms with Gasteiger partial charge in [0.1, 0.15) is 11.5 Å². The summed E-state index contributed by atoms with van der Waals surface area (Å²) in [5.41, 5.74) is 1.55. The van der Waals surface area contributed by atoms with Crippen molar-refractivity contribution in [2.45, 2.75) is 31.4 Å². The molecular formula is C39H31F5N2O11. The van der Waals surface area contributed by atoms with Crippen LogP contribution in [0.4, 0.5) is 22.0 Å². The first-order chi connectivity index (χ1) is 27.1. The number of carbonyl (C=O) groups excluding carboxylic acids is 3. The summed E-state index contributed by atoms with van der Waals surface area (Å²) in [5, 5.41) is 41.6. The minimum Gasteiger partial charge on any atom is -0.494 e. The van der Waals surface area contributed by atoms with Crippen LogP contribution in [0.2, 0.25) is 0 Å². The number of halogens is 5. The Labute approximate surface area is 318 Å². The predicted molar refractivity (Wildman–Crippen MR) is 190 cm³/mol. The van der Waals surface area contributed by atoms with Crippen molar-refractivity contribution in [3.05, 3.63) is 95.6 Å². The molecule has 0 unspecified atom stereocenters. The highest BCUT2D eigenvalue weighted by Crippen LogP contribution is 2.64. The third kappa shape index (κ3) is 8.48. The lowest BCUT2D eigenvalue weighted by atomic mass is 9.86. The molecule has 0 saturated carbocycles. The molecule has 0 spiro atoms. The summed E-state index contributed by atoms with van der Waals surface area (Å²) in [7, 11) is 0. The van der Waals surface area contributed by atoms with Crippen LogP contribution in [0.5, 0.6) is 35.0 Å². The molecule has 18 heteroatoms. The number of carbonyl (C=O) groups is 3. The van der Waals surface area contributed by atoms with Crippen molar-refractivity contribution in [2.24, 2.45) is 0 Å². The second-order valence-corrected chi connectivity index (χ2v) is 12.5. The molecule has 3 aromatic carbocycles. The number of fused-ring (bicyclic) bond motifs is 4. The maximum Gasteiger partial charge on any atom is 0.453 e. The van der Waals surface area contributed by atoms with Gasteiger partial charge in [-0.25, -0.2) is 14.4 Å². The van der Waals surface area contributed by atoms with Crippen LogP contribution in [-0.2, 0) is 14.3 Å². The summed E-state index contributed by atoms with van der Waals surface area (Å²) >= 11 is 0. The first-order valence-corrected chi connectivity index (χ1v) is 17.0. The smallest absolute Gasteiger partial charge is 0.453 e. The highest BCUT2D eigenvalue weighted by molar-refractivity contribution is 6.12. The van der Waals surface area contributed by atoms with Gasteiger partial charge in [0.25, 0.3) is 0 Å². The van der Waals surface area contributed by atoms with Gasteiger partial charge in [0, 0.05) is 18.9 Å². The van der Waals surface area contributed by atoms with E-state index in [1.807, 2.05) is 0 Å². The highest BCUT2D eigenvalue weighted by Gasteiger charge is 2.56. The Morgan fingerprint density at radius 2 is 1.30 bits per heavy atom. The Bertz CT molecular complexity index is 2280. The molecule has 2 heterocycles. The van der Waals surface area contributed by atoms with Crippen LogP contribution < -0.4 is 9.47 Å². The molecular weight excluding hydrogens is 767 g/mol. The first kappa shape index (κ1) is 39.7. The number of hydrogen-bond donors (Lipinski definition) is 5. The third-order valence-corrected chi connectivity index (χ3v) is 8.60. The van der Waals surface area contributed by atoms with Gasteiger partial charge in [0.2, 0.25) is 11.8 Å². The van der Waals surface area contributed by atoms with Crippen LogP contribution >= 0.6 is 0 Å². The van der Waals surface area contributed by atoms with Crippen molar-refractivity contribution in [1.29, 1.82) is 0 Å². The molecule has 0 amide bonds. The number of H-pyrrole nitrogens is 1. The Morgan fingerprint density at radius 1 is 0.684 bits per heavy atom. The summed E-state index contributed by atoms with van der Waals surface area (Å²) < 4.78 is 84.7. The van der Waals surface area contributed by atoms with Crippen LogP contribution in [0.1, 0.15) is 45.5 Å². The lowest BCUT2D eigenvalue weighted by Gasteiger charge is -2.19. The molecule has 2 aromatic heterocycles. The number of aromatic amines is 1. The largest absolute Gasteiger partial charge is 0.494 e. The quantitative estimate of drug-likeness (QED) is 0.0226. The fourth-order valence-corrected chi connectivity index (χ4v) is 5.75. The molecule has 1 aliphatic carbocycles. The molecule has 5 aromatic rings. The van der Waals surface area contributed by atoms with Gasteiger partial charge in [0.15, 0.2) is 11.8 Å². The minimum atomic E-state index is -5.63. The van der Waals surface area contributed by atoms with Crippen molar-refractivity contribution >= 4 is 24.0 Å². The standard InChI is InChI=1S/C39H31F5N2O11/c40-38(41,39(42,43)44)16-2-17-54-25-13-9-22(10-14-25)37(53)57-26-11-6-21(7-12-26)8-15-27(47)55-18-3-19-56-36(52)23-4-1-5-24(20-23)46-34(50)30-28-29(31(30)35(46)51)33(49)45-32(28)48/h1,4-15,20,45,48-51H,2-3,16-19H2. The molecule has 298 valence electrons. The second kappa shape index (κ2) is 16.0. The number of alkyl halides is 5. The summed E-state index contributed by atoms with van der Waals surface area (Å²) in [6.45, 7) is -0.558. The molecule has 0 atom stereocenters. The fourth-order valence-electron chi connectivity index (χ4n) is 5.75. The van der Waals surface area contributed by atoms with Crippen molar-refractivity contribution < 1.29 is 75.7 Å². The zero-order valence-electron chi connectivity index (χ0n) is 29.3. The average Bonchev–Trinajstić information content (AvgIpc) is 3.51. The van der Waals surface area contributed by atoms with Gasteiger partial charge >= 0.3 is 30.0 Å². The van der Waals surface area contributed by atoms with E-state index in [1.165, 1.54) is 72.8 Å². The van der Waals surface area contributed by atoms with E-state index in [-0.39, 0.29) is 88.6 Å². The molecule has 5 N–H and O–H groups in total. The molecule has 6 rings (SSSR count). The number of rotatable bonds is 15. The van der Waals surface area contributed by atoms with Crippen LogP contribution in [0, 0.1) is 0 Å². The number of hydrogen-bond acceptors (Lipinski definition) is 11. The molecule has 0 fully saturated rings. The maximum absolute atomic E-state index is 13.0. The van der Waals surface area contributed by atoms with Gasteiger partial charge in [-0.3, -0.25) is 9.55 Å². The van der Waals surface area contributed by atoms with Gasteiger partial charge in [-0.1, -0.05) is 18.2 Å². The normalized spacial score (nSPS) is 12.1. The first-order valence-electron chi connectivity index (χ1n) is 17.0.